The first-order chi connectivity index (χ1) is 12.8. The van der Waals surface area contributed by atoms with E-state index in [1.54, 1.807) is 29.9 Å². The summed E-state index contributed by atoms with van der Waals surface area (Å²) in [5.74, 6) is -2.16. The number of hydrogen-bond donors (Lipinski definition) is 1. The van der Waals surface area contributed by atoms with Gasteiger partial charge in [0.1, 0.15) is 5.69 Å². The molecule has 0 radical (unpaired) electrons. The number of aryl methyl sites for hydroxylation is 1. The number of ketones is 2. The van der Waals surface area contributed by atoms with E-state index in [9.17, 15) is 19.5 Å². The van der Waals surface area contributed by atoms with Crippen LogP contribution in [0.3, 0.4) is 0 Å². The number of carboxylic acid groups (broad SMARTS) is 1. The zero-order valence-corrected chi connectivity index (χ0v) is 16.9. The Hall–Kier alpha value is -2.52. The van der Waals surface area contributed by atoms with Gasteiger partial charge in [0.05, 0.1) is 17.5 Å². The summed E-state index contributed by atoms with van der Waals surface area (Å²) in [5, 5.41) is 10.1. The maximum Gasteiger partial charge on any atom is 0.336 e. The molecule has 1 aromatic heterocycles. The molecule has 8 heteroatoms. The molecule has 0 aliphatic heterocycles. The number of nitrogens with zero attached hydrogens (tertiary/aromatic N) is 2. The van der Waals surface area contributed by atoms with Crippen LogP contribution < -0.4 is 0 Å². The van der Waals surface area contributed by atoms with E-state index in [0.717, 1.165) is 0 Å². The molecule has 0 fully saturated rings. The standard InChI is InChI=1S/C19H12ClIN2O4/c1-23-8-15(22-9-23)17(24)11-6-13(19(26)27)16(14(21)7-11)18(25)10-2-4-12(20)5-3-10/h2-9H,1H3,(H,26,27). The van der Waals surface area contributed by atoms with E-state index in [4.69, 9.17) is 11.6 Å². The SMILES string of the molecule is Cn1cnc(C(=O)c2cc(I)c(C(=O)c3ccc(Cl)cc3)c(C(=O)O)c2)c1. The molecule has 3 rings (SSSR count). The van der Waals surface area contributed by atoms with Gasteiger partial charge in [-0.1, -0.05) is 11.6 Å². The van der Waals surface area contributed by atoms with Crippen LogP contribution in [0.25, 0.3) is 0 Å². The highest BCUT2D eigenvalue weighted by Crippen LogP contribution is 2.25. The highest BCUT2D eigenvalue weighted by molar-refractivity contribution is 14.1. The predicted molar refractivity (Wildman–Crippen MR) is 108 cm³/mol. The van der Waals surface area contributed by atoms with Crippen LogP contribution >= 0.6 is 34.2 Å². The van der Waals surface area contributed by atoms with Gasteiger partial charge in [0.15, 0.2) is 5.78 Å². The number of carbonyl (C=O) groups excluding carboxylic acids is 2. The van der Waals surface area contributed by atoms with Crippen molar-refractivity contribution in [2.24, 2.45) is 7.05 Å². The first kappa shape index (κ1) is 19.2. The number of hydrogen-bond acceptors (Lipinski definition) is 4. The van der Waals surface area contributed by atoms with Crippen LogP contribution in [0.15, 0.2) is 48.9 Å². The van der Waals surface area contributed by atoms with E-state index < -0.39 is 17.5 Å². The van der Waals surface area contributed by atoms with Crippen molar-refractivity contribution < 1.29 is 19.5 Å². The van der Waals surface area contributed by atoms with Gasteiger partial charge >= 0.3 is 5.97 Å². The van der Waals surface area contributed by atoms with Crippen LogP contribution in [-0.4, -0.2) is 32.2 Å². The lowest BCUT2D eigenvalue weighted by molar-refractivity contribution is 0.0692. The van der Waals surface area contributed by atoms with Crippen molar-refractivity contribution in [3.05, 3.63) is 85.5 Å². The number of benzene rings is 2. The van der Waals surface area contributed by atoms with E-state index in [0.29, 0.717) is 14.2 Å². The Kier molecular flexibility index (Phi) is 5.43. The fourth-order valence-corrected chi connectivity index (χ4v) is 3.56. The van der Waals surface area contributed by atoms with Crippen molar-refractivity contribution in [1.29, 1.82) is 0 Å². The number of carbonyl (C=O) groups is 3. The van der Waals surface area contributed by atoms with Gasteiger partial charge in [0, 0.05) is 33.0 Å². The summed E-state index contributed by atoms with van der Waals surface area (Å²) in [4.78, 5) is 41.2. The average Bonchev–Trinajstić information content (AvgIpc) is 3.06. The lowest BCUT2D eigenvalue weighted by Gasteiger charge is -2.10. The highest BCUT2D eigenvalue weighted by atomic mass is 127. The van der Waals surface area contributed by atoms with Crippen LogP contribution in [0, 0.1) is 3.57 Å². The summed E-state index contributed by atoms with van der Waals surface area (Å²) < 4.78 is 1.99. The Morgan fingerprint density at radius 3 is 2.30 bits per heavy atom. The molecule has 0 aliphatic carbocycles. The topological polar surface area (TPSA) is 89.3 Å². The minimum Gasteiger partial charge on any atom is -0.478 e. The van der Waals surface area contributed by atoms with Gasteiger partial charge in [-0.15, -0.1) is 0 Å². The van der Waals surface area contributed by atoms with Crippen LogP contribution in [0.1, 0.15) is 42.3 Å². The largest absolute Gasteiger partial charge is 0.478 e. The molecule has 136 valence electrons. The van der Waals surface area contributed by atoms with Crippen molar-refractivity contribution in [2.45, 2.75) is 0 Å². The van der Waals surface area contributed by atoms with Crippen LogP contribution in [-0.2, 0) is 7.05 Å². The Labute approximate surface area is 172 Å². The molecule has 2 aromatic carbocycles. The molecule has 1 heterocycles. The van der Waals surface area contributed by atoms with Gasteiger partial charge in [-0.05, 0) is 59.0 Å². The van der Waals surface area contributed by atoms with E-state index >= 15 is 0 Å². The number of halogens is 2. The molecule has 6 nitrogen and oxygen atoms in total. The fourth-order valence-electron chi connectivity index (χ4n) is 2.56. The number of carboxylic acids is 1. The Morgan fingerprint density at radius 2 is 1.74 bits per heavy atom. The lowest BCUT2D eigenvalue weighted by atomic mass is 9.95. The first-order valence-corrected chi connectivity index (χ1v) is 9.13. The van der Waals surface area contributed by atoms with Gasteiger partial charge in [-0.3, -0.25) is 9.59 Å². The van der Waals surface area contributed by atoms with Crippen molar-refractivity contribution in [2.75, 3.05) is 0 Å². The lowest BCUT2D eigenvalue weighted by Crippen LogP contribution is -2.14. The second kappa shape index (κ2) is 7.61. The summed E-state index contributed by atoms with van der Waals surface area (Å²) >= 11 is 7.70. The van der Waals surface area contributed by atoms with E-state index in [1.807, 2.05) is 22.6 Å². The fraction of sp³-hybridized carbons (Fsp3) is 0.0526. The minimum atomic E-state index is -1.29. The quantitative estimate of drug-likeness (QED) is 0.430. The Balaban J connectivity index is 2.10. The molecule has 27 heavy (non-hydrogen) atoms. The third-order valence-electron chi connectivity index (χ3n) is 3.85. The third kappa shape index (κ3) is 3.93. The molecule has 0 spiro atoms. The third-order valence-corrected chi connectivity index (χ3v) is 4.96. The van der Waals surface area contributed by atoms with Crippen molar-refractivity contribution in [3.8, 4) is 0 Å². The number of aromatic nitrogens is 2. The van der Waals surface area contributed by atoms with Crippen molar-refractivity contribution >= 4 is 51.7 Å². The average molecular weight is 495 g/mol. The summed E-state index contributed by atoms with van der Waals surface area (Å²) in [7, 11) is 1.73. The predicted octanol–water partition coefficient (Wildman–Crippen LogP) is 3.84. The van der Waals surface area contributed by atoms with E-state index in [-0.39, 0.29) is 22.4 Å². The van der Waals surface area contributed by atoms with Crippen LogP contribution in [0.2, 0.25) is 5.02 Å². The summed E-state index contributed by atoms with van der Waals surface area (Å²) in [6.45, 7) is 0. The zero-order chi connectivity index (χ0) is 19.7. The second-order valence-electron chi connectivity index (χ2n) is 5.78. The summed E-state index contributed by atoms with van der Waals surface area (Å²) in [5.41, 5.74) is 0.456. The van der Waals surface area contributed by atoms with Crippen LogP contribution in [0.4, 0.5) is 0 Å². The number of aromatic carboxylic acids is 1. The smallest absolute Gasteiger partial charge is 0.336 e. The molecule has 0 saturated carbocycles. The van der Waals surface area contributed by atoms with Crippen LogP contribution in [0.5, 0.6) is 0 Å². The maximum absolute atomic E-state index is 12.8. The molecular formula is C19H12ClIN2O4. The van der Waals surface area contributed by atoms with E-state index in [1.165, 1.54) is 30.6 Å². The summed E-state index contributed by atoms with van der Waals surface area (Å²) in [6.07, 6.45) is 3.02. The normalized spacial score (nSPS) is 10.6. The number of imidazole rings is 1. The van der Waals surface area contributed by atoms with Crippen molar-refractivity contribution in [3.63, 3.8) is 0 Å². The van der Waals surface area contributed by atoms with Gasteiger partial charge in [0.2, 0.25) is 5.78 Å². The molecule has 0 unspecified atom stereocenters. The molecule has 0 bridgehead atoms. The van der Waals surface area contributed by atoms with Gasteiger partial charge in [0.25, 0.3) is 0 Å². The van der Waals surface area contributed by atoms with E-state index in [2.05, 4.69) is 4.98 Å². The number of rotatable bonds is 5. The molecular weight excluding hydrogens is 483 g/mol. The van der Waals surface area contributed by atoms with Gasteiger partial charge < -0.3 is 9.67 Å². The maximum atomic E-state index is 12.8. The Bertz CT molecular complexity index is 1070. The highest BCUT2D eigenvalue weighted by Gasteiger charge is 2.24. The minimum absolute atomic E-state index is 0.0305. The van der Waals surface area contributed by atoms with Gasteiger partial charge in [-0.2, -0.15) is 0 Å². The molecule has 0 amide bonds. The molecule has 1 N–H and O–H groups in total. The first-order valence-electron chi connectivity index (χ1n) is 7.67. The van der Waals surface area contributed by atoms with Crippen molar-refractivity contribution in [1.82, 2.24) is 9.55 Å². The monoisotopic (exact) mass is 494 g/mol. The molecule has 0 saturated heterocycles. The molecule has 0 aliphatic rings. The van der Waals surface area contributed by atoms with Gasteiger partial charge in [-0.25, -0.2) is 9.78 Å². The second-order valence-corrected chi connectivity index (χ2v) is 7.37. The molecule has 0 atom stereocenters. The zero-order valence-electron chi connectivity index (χ0n) is 13.9. The Morgan fingerprint density at radius 1 is 1.07 bits per heavy atom. The molecule has 3 aromatic rings. The summed E-state index contributed by atoms with van der Waals surface area (Å²) in [6, 6.07) is 8.87.